The molecule has 0 spiro atoms. The summed E-state index contributed by atoms with van der Waals surface area (Å²) in [5.74, 6) is 0. The molecule has 4 rings (SSSR count). The average Bonchev–Trinajstić information content (AvgIpc) is 2.84. The number of para-hydroxylation sites is 1. The van der Waals surface area contributed by atoms with Crippen molar-refractivity contribution in [1.29, 1.82) is 0 Å². The molecule has 0 N–H and O–H groups in total. The van der Waals surface area contributed by atoms with E-state index < -0.39 is 0 Å². The van der Waals surface area contributed by atoms with E-state index in [-0.39, 0.29) is 0 Å². The van der Waals surface area contributed by atoms with Gasteiger partial charge in [0.25, 0.3) is 0 Å². The van der Waals surface area contributed by atoms with Crippen molar-refractivity contribution in [3.63, 3.8) is 0 Å². The van der Waals surface area contributed by atoms with Crippen LogP contribution in [-0.4, -0.2) is 10.8 Å². The second-order valence-corrected chi connectivity index (χ2v) is 5.41. The van der Waals surface area contributed by atoms with E-state index in [2.05, 4.69) is 59.1 Å². The van der Waals surface area contributed by atoms with E-state index >= 15 is 0 Å². The lowest BCUT2D eigenvalue weighted by molar-refractivity contribution is 0.938. The molecule has 0 amide bonds. The molecule has 1 heterocycles. The van der Waals surface area contributed by atoms with E-state index in [0.29, 0.717) is 0 Å². The van der Waals surface area contributed by atoms with Crippen LogP contribution in [0, 0.1) is 0 Å². The Morgan fingerprint density at radius 2 is 1.64 bits per heavy atom. The first-order valence-electron chi connectivity index (χ1n) is 7.40. The maximum absolute atomic E-state index is 4.50. The monoisotopic (exact) mass is 284 g/mol. The van der Waals surface area contributed by atoms with Gasteiger partial charge in [-0.25, -0.2) is 0 Å². The fraction of sp³-hybridized carbons (Fsp3) is 0.0500. The molecule has 22 heavy (non-hydrogen) atoms. The maximum atomic E-state index is 4.50. The molecule has 0 saturated heterocycles. The number of aryl methyl sites for hydroxylation is 1. The number of nitrogens with zero attached hydrogens (tertiary/aromatic N) is 2. The summed E-state index contributed by atoms with van der Waals surface area (Å²) in [5.41, 5.74) is 2.23. The van der Waals surface area contributed by atoms with Crippen molar-refractivity contribution in [1.82, 2.24) is 4.57 Å². The summed E-state index contributed by atoms with van der Waals surface area (Å²) in [7, 11) is 2.11. The average molecular weight is 284 g/mol. The third kappa shape index (κ3) is 2.01. The molecule has 0 unspecified atom stereocenters. The topological polar surface area (TPSA) is 17.3 Å². The van der Waals surface area contributed by atoms with Gasteiger partial charge >= 0.3 is 0 Å². The van der Waals surface area contributed by atoms with Crippen LogP contribution < -0.4 is 5.35 Å². The third-order valence-electron chi connectivity index (χ3n) is 4.09. The first-order chi connectivity index (χ1) is 10.8. The molecule has 0 aliphatic heterocycles. The van der Waals surface area contributed by atoms with E-state index in [1.807, 2.05) is 36.5 Å². The summed E-state index contributed by atoms with van der Waals surface area (Å²) in [6.45, 7) is 0. The fourth-order valence-electron chi connectivity index (χ4n) is 3.03. The molecule has 0 saturated carbocycles. The van der Waals surface area contributed by atoms with Gasteiger partial charge in [-0.1, -0.05) is 48.5 Å². The summed E-state index contributed by atoms with van der Waals surface area (Å²) in [4.78, 5) is 4.50. The van der Waals surface area contributed by atoms with Crippen molar-refractivity contribution < 1.29 is 0 Å². The van der Waals surface area contributed by atoms with Crippen LogP contribution >= 0.6 is 0 Å². The summed E-state index contributed by atoms with van der Waals surface area (Å²) in [6, 6.07) is 22.9. The lowest BCUT2D eigenvalue weighted by Gasteiger charge is -1.97. The van der Waals surface area contributed by atoms with E-state index in [1.54, 1.807) is 0 Å². The van der Waals surface area contributed by atoms with Gasteiger partial charge in [-0.05, 0) is 29.7 Å². The molecule has 0 aliphatic carbocycles. The number of benzene rings is 3. The molecule has 3 aromatic carbocycles. The Morgan fingerprint density at radius 1 is 0.864 bits per heavy atom. The molecule has 4 aromatic rings. The van der Waals surface area contributed by atoms with Gasteiger partial charge in [-0.15, -0.1) is 0 Å². The molecule has 0 radical (unpaired) electrons. The Kier molecular flexibility index (Phi) is 3.01. The summed E-state index contributed by atoms with van der Waals surface area (Å²) in [6.07, 6.45) is 3.97. The molecule has 0 atom stereocenters. The zero-order valence-electron chi connectivity index (χ0n) is 12.4. The van der Waals surface area contributed by atoms with Crippen LogP contribution in [0.2, 0.25) is 0 Å². The SMILES string of the molecule is Cn1c(=CC=Nc2ccccc2)c2cccc3cccc1c32. The predicted octanol–water partition coefficient (Wildman–Crippen LogP) is 4.23. The largest absolute Gasteiger partial charge is 0.344 e. The van der Waals surface area contributed by atoms with Gasteiger partial charge in [0.05, 0.1) is 11.0 Å². The lowest BCUT2D eigenvalue weighted by atomic mass is 10.1. The molecular formula is C20H16N2. The van der Waals surface area contributed by atoms with Crippen molar-refractivity contribution >= 4 is 39.7 Å². The van der Waals surface area contributed by atoms with Crippen molar-refractivity contribution in [2.45, 2.75) is 0 Å². The van der Waals surface area contributed by atoms with Crippen LogP contribution in [0.25, 0.3) is 27.8 Å². The number of rotatable bonds is 2. The minimum Gasteiger partial charge on any atom is -0.344 e. The molecule has 2 heteroatoms. The third-order valence-corrected chi connectivity index (χ3v) is 4.09. The predicted molar refractivity (Wildman–Crippen MR) is 94.7 cm³/mol. The highest BCUT2D eigenvalue weighted by molar-refractivity contribution is 6.11. The molecular weight excluding hydrogens is 268 g/mol. The fourth-order valence-corrected chi connectivity index (χ4v) is 3.03. The van der Waals surface area contributed by atoms with E-state index in [9.17, 15) is 0 Å². The molecule has 0 fully saturated rings. The highest BCUT2D eigenvalue weighted by Crippen LogP contribution is 2.24. The molecule has 0 bridgehead atoms. The van der Waals surface area contributed by atoms with Crippen LogP contribution in [0.3, 0.4) is 0 Å². The summed E-state index contributed by atoms with van der Waals surface area (Å²) >= 11 is 0. The molecule has 1 aromatic heterocycles. The van der Waals surface area contributed by atoms with Crippen LogP contribution in [-0.2, 0) is 7.05 Å². The van der Waals surface area contributed by atoms with Gasteiger partial charge in [0.1, 0.15) is 0 Å². The number of hydrogen-bond acceptors (Lipinski definition) is 1. The Hall–Kier alpha value is -2.87. The Bertz CT molecular complexity index is 1020. The van der Waals surface area contributed by atoms with Crippen molar-refractivity contribution in [3.8, 4) is 0 Å². The maximum Gasteiger partial charge on any atom is 0.0629 e. The van der Waals surface area contributed by atoms with Gasteiger partial charge in [0.15, 0.2) is 0 Å². The number of hydrogen-bond donors (Lipinski definition) is 0. The Balaban J connectivity index is 1.92. The Morgan fingerprint density at radius 3 is 2.45 bits per heavy atom. The minimum absolute atomic E-state index is 0.968. The number of aliphatic imine (C=N–C) groups is 1. The summed E-state index contributed by atoms with van der Waals surface area (Å²) < 4.78 is 2.23. The molecule has 0 aliphatic rings. The van der Waals surface area contributed by atoms with E-state index in [0.717, 1.165) is 5.69 Å². The van der Waals surface area contributed by atoms with Gasteiger partial charge in [0, 0.05) is 29.6 Å². The highest BCUT2D eigenvalue weighted by Gasteiger charge is 2.07. The van der Waals surface area contributed by atoms with Gasteiger partial charge in [0.2, 0.25) is 0 Å². The van der Waals surface area contributed by atoms with Crippen LogP contribution in [0.1, 0.15) is 0 Å². The van der Waals surface area contributed by atoms with Crippen molar-refractivity contribution in [2.75, 3.05) is 0 Å². The van der Waals surface area contributed by atoms with Gasteiger partial charge < -0.3 is 4.57 Å². The normalized spacial score (nSPS) is 12.9. The first-order valence-corrected chi connectivity index (χ1v) is 7.40. The second-order valence-electron chi connectivity index (χ2n) is 5.41. The lowest BCUT2D eigenvalue weighted by Crippen LogP contribution is -2.12. The number of aromatic nitrogens is 1. The quantitative estimate of drug-likeness (QED) is 0.490. The van der Waals surface area contributed by atoms with Crippen molar-refractivity contribution in [3.05, 3.63) is 72.1 Å². The van der Waals surface area contributed by atoms with E-state index in [4.69, 9.17) is 0 Å². The minimum atomic E-state index is 0.968. The smallest absolute Gasteiger partial charge is 0.0629 e. The zero-order chi connectivity index (χ0) is 14.9. The Labute approximate surface area is 129 Å². The van der Waals surface area contributed by atoms with Crippen LogP contribution in [0.15, 0.2) is 71.7 Å². The van der Waals surface area contributed by atoms with Crippen LogP contribution in [0.4, 0.5) is 5.69 Å². The first kappa shape index (κ1) is 12.8. The summed E-state index contributed by atoms with van der Waals surface area (Å²) in [5, 5.41) is 5.07. The van der Waals surface area contributed by atoms with Crippen molar-refractivity contribution in [2.24, 2.45) is 12.0 Å². The second kappa shape index (κ2) is 5.15. The van der Waals surface area contributed by atoms with Gasteiger partial charge in [-0.3, -0.25) is 4.99 Å². The zero-order valence-corrected chi connectivity index (χ0v) is 12.4. The van der Waals surface area contributed by atoms with E-state index in [1.165, 1.54) is 27.0 Å². The van der Waals surface area contributed by atoms with Crippen LogP contribution in [0.5, 0.6) is 0 Å². The standard InChI is InChI=1S/C20H16N2/c1-22-18(13-14-21-16-9-3-2-4-10-16)17-11-5-7-15-8-6-12-19(22)20(15)17/h2-14H,1H3. The molecule has 2 nitrogen and oxygen atoms in total. The molecule has 106 valence electrons. The van der Waals surface area contributed by atoms with Gasteiger partial charge in [-0.2, -0.15) is 0 Å². The highest BCUT2D eigenvalue weighted by atomic mass is 14.9.